The Labute approximate surface area is 123 Å². The predicted octanol–water partition coefficient (Wildman–Crippen LogP) is -0.984. The molecule has 8 heteroatoms. The summed E-state index contributed by atoms with van der Waals surface area (Å²) in [4.78, 5) is 40.3. The summed E-state index contributed by atoms with van der Waals surface area (Å²) in [6.07, 6.45) is 0. The number of urea groups is 1. The summed E-state index contributed by atoms with van der Waals surface area (Å²) >= 11 is 0. The highest BCUT2D eigenvalue weighted by molar-refractivity contribution is 5.90. The third-order valence-electron chi connectivity index (χ3n) is 4.34. The summed E-state index contributed by atoms with van der Waals surface area (Å²) in [6.45, 7) is 4.86. The first kappa shape index (κ1) is 15.6. The molecule has 3 atom stereocenters. The van der Waals surface area contributed by atoms with E-state index in [2.05, 4.69) is 10.2 Å². The summed E-state index contributed by atoms with van der Waals surface area (Å²) in [5, 5.41) is 11.7. The normalized spacial score (nSPS) is 31.0. The minimum Gasteiger partial charge on any atom is -0.480 e. The standard InChI is InChI=1S/C13H22N4O4/c1-8-5-16(6-9(2)15(8)3)13(21)17-7-11(18)14-4-10(17)12(19)20/h8-10H,4-7H2,1-3H3,(H,14,18)(H,19,20). The van der Waals surface area contributed by atoms with E-state index < -0.39 is 12.0 Å². The van der Waals surface area contributed by atoms with Gasteiger partial charge in [0.2, 0.25) is 5.91 Å². The fraction of sp³-hybridized carbons (Fsp3) is 0.769. The van der Waals surface area contributed by atoms with E-state index in [1.54, 1.807) is 4.90 Å². The van der Waals surface area contributed by atoms with Crippen molar-refractivity contribution in [2.75, 3.05) is 33.2 Å². The van der Waals surface area contributed by atoms with Crippen molar-refractivity contribution < 1.29 is 19.5 Å². The molecule has 21 heavy (non-hydrogen) atoms. The van der Waals surface area contributed by atoms with Crippen molar-refractivity contribution in [2.45, 2.75) is 32.0 Å². The van der Waals surface area contributed by atoms with Gasteiger partial charge in [-0.1, -0.05) is 0 Å². The largest absolute Gasteiger partial charge is 0.480 e. The van der Waals surface area contributed by atoms with Crippen molar-refractivity contribution in [1.29, 1.82) is 0 Å². The lowest BCUT2D eigenvalue weighted by Crippen LogP contribution is -2.65. The van der Waals surface area contributed by atoms with Crippen LogP contribution in [0.1, 0.15) is 13.8 Å². The van der Waals surface area contributed by atoms with Gasteiger partial charge in [0.1, 0.15) is 12.6 Å². The highest BCUT2D eigenvalue weighted by atomic mass is 16.4. The van der Waals surface area contributed by atoms with Gasteiger partial charge in [0.15, 0.2) is 0 Å². The molecule has 3 amide bonds. The first-order valence-electron chi connectivity index (χ1n) is 7.08. The SMILES string of the molecule is CC1CN(C(=O)N2CC(=O)NCC2C(=O)O)CC(C)N1C. The quantitative estimate of drug-likeness (QED) is 0.649. The minimum absolute atomic E-state index is 0.0429. The number of carboxylic acids is 1. The number of amides is 3. The van der Waals surface area contributed by atoms with E-state index in [-0.39, 0.29) is 37.1 Å². The Bertz CT molecular complexity index is 443. The van der Waals surface area contributed by atoms with E-state index in [1.165, 1.54) is 0 Å². The van der Waals surface area contributed by atoms with Crippen molar-refractivity contribution in [3.63, 3.8) is 0 Å². The van der Waals surface area contributed by atoms with Crippen LogP contribution in [0.5, 0.6) is 0 Å². The molecule has 0 radical (unpaired) electrons. The molecule has 8 nitrogen and oxygen atoms in total. The second kappa shape index (κ2) is 5.88. The summed E-state index contributed by atoms with van der Waals surface area (Å²) < 4.78 is 0. The number of nitrogens with one attached hydrogen (secondary N) is 1. The molecule has 118 valence electrons. The maximum absolute atomic E-state index is 12.6. The number of carbonyl (C=O) groups is 3. The van der Waals surface area contributed by atoms with Crippen LogP contribution in [0.4, 0.5) is 4.79 Å². The average molecular weight is 298 g/mol. The Morgan fingerprint density at radius 1 is 1.24 bits per heavy atom. The van der Waals surface area contributed by atoms with E-state index >= 15 is 0 Å². The number of nitrogens with zero attached hydrogens (tertiary/aromatic N) is 3. The highest BCUT2D eigenvalue weighted by Gasteiger charge is 2.39. The van der Waals surface area contributed by atoms with Crippen molar-refractivity contribution in [1.82, 2.24) is 20.0 Å². The maximum Gasteiger partial charge on any atom is 0.328 e. The van der Waals surface area contributed by atoms with E-state index in [1.807, 2.05) is 20.9 Å². The second-order valence-corrected chi connectivity index (χ2v) is 5.84. The molecule has 2 aliphatic rings. The van der Waals surface area contributed by atoms with Gasteiger partial charge in [0, 0.05) is 31.7 Å². The molecule has 0 aliphatic carbocycles. The molecule has 2 rings (SSSR count). The molecular formula is C13H22N4O4. The Morgan fingerprint density at radius 3 is 2.33 bits per heavy atom. The molecule has 3 unspecified atom stereocenters. The van der Waals surface area contributed by atoms with Crippen LogP contribution in [-0.2, 0) is 9.59 Å². The molecule has 0 saturated carbocycles. The molecule has 2 N–H and O–H groups in total. The number of hydrogen-bond donors (Lipinski definition) is 2. The second-order valence-electron chi connectivity index (χ2n) is 5.84. The van der Waals surface area contributed by atoms with Gasteiger partial charge in [-0.2, -0.15) is 0 Å². The molecule has 2 saturated heterocycles. The zero-order valence-electron chi connectivity index (χ0n) is 12.6. The summed E-state index contributed by atoms with van der Waals surface area (Å²) in [5.74, 6) is -1.42. The van der Waals surface area contributed by atoms with E-state index in [4.69, 9.17) is 0 Å². The van der Waals surface area contributed by atoms with E-state index in [9.17, 15) is 19.5 Å². The van der Waals surface area contributed by atoms with E-state index in [0.29, 0.717) is 13.1 Å². The van der Waals surface area contributed by atoms with Crippen LogP contribution in [0, 0.1) is 0 Å². The lowest BCUT2D eigenvalue weighted by molar-refractivity contribution is -0.144. The predicted molar refractivity (Wildman–Crippen MR) is 74.8 cm³/mol. The number of rotatable bonds is 1. The van der Waals surface area contributed by atoms with Gasteiger partial charge in [-0.05, 0) is 20.9 Å². The van der Waals surface area contributed by atoms with Crippen LogP contribution in [0.25, 0.3) is 0 Å². The zero-order chi connectivity index (χ0) is 15.7. The topological polar surface area (TPSA) is 93.2 Å². The lowest BCUT2D eigenvalue weighted by Gasteiger charge is -2.45. The van der Waals surface area contributed by atoms with Crippen LogP contribution in [0.2, 0.25) is 0 Å². The van der Waals surface area contributed by atoms with Crippen molar-refractivity contribution in [3.8, 4) is 0 Å². The number of carboxylic acid groups (broad SMARTS) is 1. The van der Waals surface area contributed by atoms with Gasteiger partial charge < -0.3 is 15.3 Å². The molecule has 0 aromatic rings. The Kier molecular flexibility index (Phi) is 4.36. The molecule has 2 fully saturated rings. The van der Waals surface area contributed by atoms with Crippen molar-refractivity contribution in [2.24, 2.45) is 0 Å². The van der Waals surface area contributed by atoms with Gasteiger partial charge in [-0.15, -0.1) is 0 Å². The molecule has 0 aromatic heterocycles. The van der Waals surface area contributed by atoms with Crippen LogP contribution < -0.4 is 5.32 Å². The fourth-order valence-electron chi connectivity index (χ4n) is 2.81. The summed E-state index contributed by atoms with van der Waals surface area (Å²) in [5.41, 5.74) is 0. The maximum atomic E-state index is 12.6. The molecule has 0 aromatic carbocycles. The van der Waals surface area contributed by atoms with Gasteiger partial charge in [-0.25, -0.2) is 9.59 Å². The first-order chi connectivity index (χ1) is 9.81. The van der Waals surface area contributed by atoms with Gasteiger partial charge in [-0.3, -0.25) is 14.6 Å². The fourth-order valence-corrected chi connectivity index (χ4v) is 2.81. The van der Waals surface area contributed by atoms with E-state index in [0.717, 1.165) is 4.90 Å². The minimum atomic E-state index is -1.10. The lowest BCUT2D eigenvalue weighted by atomic mass is 10.1. The van der Waals surface area contributed by atoms with Crippen LogP contribution in [-0.4, -0.2) is 89.1 Å². The Balaban J connectivity index is 2.13. The van der Waals surface area contributed by atoms with Gasteiger partial charge >= 0.3 is 12.0 Å². The molecular weight excluding hydrogens is 276 g/mol. The number of likely N-dealkylation sites (N-methyl/N-ethyl adjacent to an activating group) is 1. The Morgan fingerprint density at radius 2 is 1.81 bits per heavy atom. The van der Waals surface area contributed by atoms with Gasteiger partial charge in [0.05, 0.1) is 0 Å². The third kappa shape index (κ3) is 3.10. The van der Waals surface area contributed by atoms with Gasteiger partial charge in [0.25, 0.3) is 0 Å². The molecule has 2 heterocycles. The van der Waals surface area contributed by atoms with Crippen LogP contribution >= 0.6 is 0 Å². The summed E-state index contributed by atoms with van der Waals surface area (Å²) in [6, 6.07) is -0.983. The number of carbonyl (C=O) groups excluding carboxylic acids is 2. The number of aliphatic carboxylic acids is 1. The van der Waals surface area contributed by atoms with Crippen molar-refractivity contribution >= 4 is 17.9 Å². The van der Waals surface area contributed by atoms with Crippen molar-refractivity contribution in [3.05, 3.63) is 0 Å². The summed E-state index contributed by atoms with van der Waals surface area (Å²) in [7, 11) is 2.01. The number of piperazine rings is 2. The molecule has 0 spiro atoms. The monoisotopic (exact) mass is 298 g/mol. The average Bonchev–Trinajstić information content (AvgIpc) is 2.42. The Hall–Kier alpha value is -1.83. The van der Waals surface area contributed by atoms with Crippen LogP contribution in [0.3, 0.4) is 0 Å². The smallest absolute Gasteiger partial charge is 0.328 e. The first-order valence-corrected chi connectivity index (χ1v) is 7.08. The zero-order valence-corrected chi connectivity index (χ0v) is 12.6. The highest BCUT2D eigenvalue weighted by Crippen LogP contribution is 2.17. The molecule has 2 aliphatic heterocycles. The number of hydrogen-bond acceptors (Lipinski definition) is 4. The third-order valence-corrected chi connectivity index (χ3v) is 4.34. The molecule has 0 bridgehead atoms. The van der Waals surface area contributed by atoms with Crippen LogP contribution in [0.15, 0.2) is 0 Å².